The molecule has 0 atom stereocenters. The molecule has 3 aliphatic rings. The normalized spacial score (nSPS) is 20.9. The van der Waals surface area contributed by atoms with Gasteiger partial charge in [0.1, 0.15) is 0 Å². The molecule has 1 saturated carbocycles. The van der Waals surface area contributed by atoms with Crippen LogP contribution in [0.15, 0.2) is 27.6 Å². The van der Waals surface area contributed by atoms with Gasteiger partial charge in [-0.3, -0.25) is 0 Å². The average molecular weight is 432 g/mol. The Hall–Kier alpha value is -1.77. The van der Waals surface area contributed by atoms with Crippen LogP contribution in [0.2, 0.25) is 0 Å². The van der Waals surface area contributed by atoms with Crippen LogP contribution in [0.5, 0.6) is 0 Å². The van der Waals surface area contributed by atoms with Crippen LogP contribution >= 0.6 is 0 Å². The lowest BCUT2D eigenvalue weighted by Crippen LogP contribution is -2.41. The molecular formula is C22H29N3O4S. The van der Waals surface area contributed by atoms with Crippen molar-refractivity contribution >= 4 is 10.0 Å². The second-order valence-electron chi connectivity index (χ2n) is 8.68. The highest BCUT2D eigenvalue weighted by Crippen LogP contribution is 2.38. The fourth-order valence-electron chi connectivity index (χ4n) is 4.44. The first kappa shape index (κ1) is 20.2. The van der Waals surface area contributed by atoms with Gasteiger partial charge in [0, 0.05) is 25.4 Å². The number of aromatic nitrogens is 2. The van der Waals surface area contributed by atoms with Crippen LogP contribution in [0.4, 0.5) is 0 Å². The zero-order valence-electron chi connectivity index (χ0n) is 17.3. The molecular weight excluding hydrogens is 402 g/mol. The first-order chi connectivity index (χ1) is 14.6. The Morgan fingerprint density at radius 1 is 1.07 bits per heavy atom. The third-order valence-corrected chi connectivity index (χ3v) is 8.34. The number of rotatable bonds is 7. The van der Waals surface area contributed by atoms with Gasteiger partial charge in [-0.15, -0.1) is 0 Å². The van der Waals surface area contributed by atoms with Crippen LogP contribution in [0.3, 0.4) is 0 Å². The SMILES string of the molecule is O=S(=O)(c1ccc2c(c1)CCCC2)N1CCC(OCCc2noc(C3CC3)n2)CC1. The Bertz CT molecular complexity index is 992. The van der Waals surface area contributed by atoms with Gasteiger partial charge in [0.05, 0.1) is 17.6 Å². The average Bonchev–Trinajstić information content (AvgIpc) is 3.52. The van der Waals surface area contributed by atoms with Crippen molar-refractivity contribution in [2.45, 2.75) is 74.7 Å². The van der Waals surface area contributed by atoms with E-state index in [2.05, 4.69) is 10.1 Å². The molecule has 0 amide bonds. The largest absolute Gasteiger partial charge is 0.378 e. The smallest absolute Gasteiger partial charge is 0.243 e. The lowest BCUT2D eigenvalue weighted by molar-refractivity contribution is 0.0222. The molecule has 2 fully saturated rings. The van der Waals surface area contributed by atoms with Crippen molar-refractivity contribution < 1.29 is 17.7 Å². The fourth-order valence-corrected chi connectivity index (χ4v) is 5.96. The van der Waals surface area contributed by atoms with E-state index in [1.165, 1.54) is 17.5 Å². The summed E-state index contributed by atoms with van der Waals surface area (Å²) in [5, 5.41) is 4.01. The maximum Gasteiger partial charge on any atom is 0.243 e. The van der Waals surface area contributed by atoms with Crippen LogP contribution in [0, 0.1) is 0 Å². The monoisotopic (exact) mass is 431 g/mol. The van der Waals surface area contributed by atoms with Crippen molar-refractivity contribution in [3.05, 3.63) is 41.0 Å². The number of aryl methyl sites for hydroxylation is 2. The lowest BCUT2D eigenvalue weighted by Gasteiger charge is -2.31. The number of nitrogens with zero attached hydrogens (tertiary/aromatic N) is 3. The van der Waals surface area contributed by atoms with Gasteiger partial charge in [-0.2, -0.15) is 9.29 Å². The van der Waals surface area contributed by atoms with Gasteiger partial charge in [0.15, 0.2) is 5.82 Å². The minimum Gasteiger partial charge on any atom is -0.378 e. The zero-order chi connectivity index (χ0) is 20.6. The van der Waals surface area contributed by atoms with Crippen LogP contribution in [-0.2, 0) is 34.0 Å². The minimum atomic E-state index is -3.44. The van der Waals surface area contributed by atoms with Crippen molar-refractivity contribution in [3.8, 4) is 0 Å². The highest BCUT2D eigenvalue weighted by atomic mass is 32.2. The van der Waals surface area contributed by atoms with E-state index in [0.29, 0.717) is 55.6 Å². The summed E-state index contributed by atoms with van der Waals surface area (Å²) in [6.07, 6.45) is 8.80. The molecule has 1 aliphatic heterocycles. The molecule has 1 aromatic heterocycles. The number of hydrogen-bond acceptors (Lipinski definition) is 6. The van der Waals surface area contributed by atoms with E-state index >= 15 is 0 Å². The highest BCUT2D eigenvalue weighted by Gasteiger charge is 2.31. The maximum atomic E-state index is 13.1. The topological polar surface area (TPSA) is 85.5 Å². The summed E-state index contributed by atoms with van der Waals surface area (Å²) in [5.41, 5.74) is 2.50. The van der Waals surface area contributed by atoms with Crippen molar-refractivity contribution in [1.82, 2.24) is 14.4 Å². The molecule has 1 aromatic carbocycles. The van der Waals surface area contributed by atoms with Gasteiger partial charge in [-0.05, 0) is 74.6 Å². The standard InChI is InChI=1S/C22H29N3O4S/c26-30(27,20-8-7-16-3-1-2-4-18(16)15-20)25-12-9-19(10-13-25)28-14-11-21-23-22(29-24-21)17-5-6-17/h7-8,15,17,19H,1-6,9-14H2. The Balaban J connectivity index is 1.12. The van der Waals surface area contributed by atoms with Gasteiger partial charge in [-0.1, -0.05) is 11.2 Å². The van der Waals surface area contributed by atoms with Crippen molar-refractivity contribution in [3.63, 3.8) is 0 Å². The van der Waals surface area contributed by atoms with Crippen LogP contribution in [0.25, 0.3) is 0 Å². The lowest BCUT2D eigenvalue weighted by atomic mass is 9.92. The molecule has 8 heteroatoms. The molecule has 0 radical (unpaired) electrons. The first-order valence-corrected chi connectivity index (χ1v) is 12.6. The van der Waals surface area contributed by atoms with Gasteiger partial charge in [-0.25, -0.2) is 8.42 Å². The third-order valence-electron chi connectivity index (χ3n) is 6.45. The number of ether oxygens (including phenoxy) is 1. The molecule has 0 unspecified atom stereocenters. The van der Waals surface area contributed by atoms with Crippen LogP contribution in [-0.4, -0.2) is 48.7 Å². The Labute approximate surface area is 177 Å². The van der Waals surface area contributed by atoms with E-state index in [1.54, 1.807) is 10.4 Å². The number of piperidine rings is 1. The molecule has 7 nitrogen and oxygen atoms in total. The number of sulfonamides is 1. The van der Waals surface area contributed by atoms with Crippen molar-refractivity contribution in [2.75, 3.05) is 19.7 Å². The van der Waals surface area contributed by atoms with Gasteiger partial charge in [0.2, 0.25) is 15.9 Å². The minimum absolute atomic E-state index is 0.0785. The van der Waals surface area contributed by atoms with E-state index in [-0.39, 0.29) is 6.10 Å². The number of hydrogen-bond donors (Lipinski definition) is 0. The molecule has 30 heavy (non-hydrogen) atoms. The predicted octanol–water partition coefficient (Wildman–Crippen LogP) is 3.24. The second-order valence-corrected chi connectivity index (χ2v) is 10.6. The van der Waals surface area contributed by atoms with Gasteiger partial charge >= 0.3 is 0 Å². The summed E-state index contributed by atoms with van der Waals surface area (Å²) in [6, 6.07) is 5.68. The summed E-state index contributed by atoms with van der Waals surface area (Å²) in [7, 11) is -3.44. The van der Waals surface area contributed by atoms with Crippen molar-refractivity contribution in [1.29, 1.82) is 0 Å². The van der Waals surface area contributed by atoms with Crippen molar-refractivity contribution in [2.24, 2.45) is 0 Å². The van der Waals surface area contributed by atoms with E-state index < -0.39 is 10.0 Å². The van der Waals surface area contributed by atoms with Crippen LogP contribution in [0.1, 0.15) is 67.3 Å². The quantitative estimate of drug-likeness (QED) is 0.669. The number of fused-ring (bicyclic) bond motifs is 1. The fraction of sp³-hybridized carbons (Fsp3) is 0.636. The third kappa shape index (κ3) is 4.31. The Morgan fingerprint density at radius 2 is 1.83 bits per heavy atom. The molecule has 5 rings (SSSR count). The summed E-state index contributed by atoms with van der Waals surface area (Å²) in [6.45, 7) is 1.53. The summed E-state index contributed by atoms with van der Waals surface area (Å²) in [5.74, 6) is 1.92. The van der Waals surface area contributed by atoms with E-state index in [4.69, 9.17) is 9.26 Å². The van der Waals surface area contributed by atoms with Gasteiger partial charge in [0.25, 0.3) is 0 Å². The highest BCUT2D eigenvalue weighted by molar-refractivity contribution is 7.89. The molecule has 1 saturated heterocycles. The Morgan fingerprint density at radius 3 is 2.60 bits per heavy atom. The summed E-state index contributed by atoms with van der Waals surface area (Å²) in [4.78, 5) is 4.85. The molecule has 0 spiro atoms. The summed E-state index contributed by atoms with van der Waals surface area (Å²) < 4.78 is 39.0. The van der Waals surface area contributed by atoms with E-state index in [9.17, 15) is 8.42 Å². The molecule has 0 N–H and O–H groups in total. The maximum absolute atomic E-state index is 13.1. The predicted molar refractivity (Wildman–Crippen MR) is 111 cm³/mol. The second kappa shape index (κ2) is 8.40. The molecule has 2 aromatic rings. The first-order valence-electron chi connectivity index (χ1n) is 11.2. The molecule has 2 aliphatic carbocycles. The summed E-state index contributed by atoms with van der Waals surface area (Å²) >= 11 is 0. The Kier molecular flexibility index (Phi) is 5.64. The number of benzene rings is 1. The molecule has 0 bridgehead atoms. The molecule has 162 valence electrons. The van der Waals surface area contributed by atoms with Gasteiger partial charge < -0.3 is 9.26 Å². The molecule has 2 heterocycles. The van der Waals surface area contributed by atoms with Crippen LogP contribution < -0.4 is 0 Å². The zero-order valence-corrected chi connectivity index (χ0v) is 18.1. The van der Waals surface area contributed by atoms with E-state index in [0.717, 1.165) is 38.0 Å². The van der Waals surface area contributed by atoms with E-state index in [1.807, 2.05) is 12.1 Å².